The number of hydrogen-bond acceptors (Lipinski definition) is 6. The summed E-state index contributed by atoms with van der Waals surface area (Å²) in [6.07, 6.45) is 3.28. The van der Waals surface area contributed by atoms with Crippen molar-refractivity contribution >= 4 is 0 Å². The van der Waals surface area contributed by atoms with E-state index in [0.29, 0.717) is 11.4 Å². The number of nitrogens with two attached hydrogens (primary N) is 1. The molecule has 0 aliphatic carbocycles. The molecule has 2 rings (SSSR count). The predicted molar refractivity (Wildman–Crippen MR) is 69.7 cm³/mol. The minimum Gasteiger partial charge on any atom is -0.493 e. The first-order valence-electron chi connectivity index (χ1n) is 5.99. The molecule has 1 unspecified atom stereocenters. The van der Waals surface area contributed by atoms with Crippen LogP contribution < -0.4 is 10.5 Å². The fourth-order valence-corrected chi connectivity index (χ4v) is 1.82. The van der Waals surface area contributed by atoms with Crippen LogP contribution in [0.4, 0.5) is 0 Å². The first-order chi connectivity index (χ1) is 9.13. The number of H-pyrrole nitrogens is 1. The molecule has 0 fully saturated rings. The molecule has 8 nitrogen and oxygen atoms in total. The Kier molecular flexibility index (Phi) is 4.13. The minimum atomic E-state index is -0.418. The highest BCUT2D eigenvalue weighted by molar-refractivity contribution is 5.32. The van der Waals surface area contributed by atoms with Gasteiger partial charge in [0.05, 0.1) is 32.1 Å². The van der Waals surface area contributed by atoms with E-state index in [9.17, 15) is 0 Å². The summed E-state index contributed by atoms with van der Waals surface area (Å²) >= 11 is 0. The maximum Gasteiger partial charge on any atom is 0.161 e. The summed E-state index contributed by atoms with van der Waals surface area (Å²) in [5.74, 6) is 0.661. The largest absolute Gasteiger partial charge is 0.493 e. The van der Waals surface area contributed by atoms with E-state index in [4.69, 9.17) is 10.5 Å². The highest BCUT2D eigenvalue weighted by Gasteiger charge is 2.22. The average Bonchev–Trinajstić information content (AvgIpc) is 3.04. The Morgan fingerprint density at radius 1 is 1.47 bits per heavy atom. The van der Waals surface area contributed by atoms with E-state index in [0.717, 1.165) is 18.8 Å². The zero-order valence-corrected chi connectivity index (χ0v) is 11.4. The van der Waals surface area contributed by atoms with Gasteiger partial charge in [-0.25, -0.2) is 0 Å². The number of aromatic amines is 1. The van der Waals surface area contributed by atoms with Gasteiger partial charge in [-0.3, -0.25) is 4.68 Å². The van der Waals surface area contributed by atoms with Crippen molar-refractivity contribution in [1.29, 1.82) is 0 Å². The summed E-state index contributed by atoms with van der Waals surface area (Å²) in [4.78, 5) is 2.08. The van der Waals surface area contributed by atoms with Crippen LogP contribution >= 0.6 is 0 Å². The molecule has 2 aromatic rings. The highest BCUT2D eigenvalue weighted by Crippen LogP contribution is 2.26. The van der Waals surface area contributed by atoms with Crippen LogP contribution in [0.5, 0.6) is 5.75 Å². The van der Waals surface area contributed by atoms with E-state index in [1.165, 1.54) is 0 Å². The second-order valence-corrected chi connectivity index (χ2v) is 4.50. The number of methoxy groups -OCH3 is 1. The van der Waals surface area contributed by atoms with Crippen molar-refractivity contribution in [2.75, 3.05) is 27.7 Å². The summed E-state index contributed by atoms with van der Waals surface area (Å²) in [6, 6.07) is -0.418. The summed E-state index contributed by atoms with van der Waals surface area (Å²) in [5, 5.41) is 14.7. The van der Waals surface area contributed by atoms with Crippen molar-refractivity contribution in [1.82, 2.24) is 30.1 Å². The van der Waals surface area contributed by atoms with Crippen LogP contribution in [0.2, 0.25) is 0 Å². The molecule has 0 radical (unpaired) electrons. The van der Waals surface area contributed by atoms with Crippen LogP contribution in [-0.2, 0) is 6.54 Å². The molecule has 0 aliphatic rings. The van der Waals surface area contributed by atoms with Gasteiger partial charge >= 0.3 is 0 Å². The van der Waals surface area contributed by atoms with Gasteiger partial charge in [-0.2, -0.15) is 20.5 Å². The SMILES string of the molecule is COc1cnn(CCN(C)C)c1C(N)c1cn[nH]n1. The molecule has 3 N–H and O–H groups in total. The van der Waals surface area contributed by atoms with Crippen molar-refractivity contribution in [3.8, 4) is 5.75 Å². The fourth-order valence-electron chi connectivity index (χ4n) is 1.82. The number of ether oxygens (including phenoxy) is 1. The monoisotopic (exact) mass is 265 g/mol. The Labute approximate surface area is 111 Å². The molecule has 0 aliphatic heterocycles. The lowest BCUT2D eigenvalue weighted by atomic mass is 10.1. The van der Waals surface area contributed by atoms with Gasteiger partial charge in [0.15, 0.2) is 5.75 Å². The molecule has 0 saturated carbocycles. The van der Waals surface area contributed by atoms with Crippen molar-refractivity contribution in [2.24, 2.45) is 5.73 Å². The zero-order chi connectivity index (χ0) is 13.8. The van der Waals surface area contributed by atoms with Gasteiger partial charge in [0.1, 0.15) is 11.4 Å². The summed E-state index contributed by atoms with van der Waals surface area (Å²) in [6.45, 7) is 1.60. The molecule has 0 bridgehead atoms. The summed E-state index contributed by atoms with van der Waals surface area (Å²) in [5.41, 5.74) is 7.67. The number of aromatic nitrogens is 5. The van der Waals surface area contributed by atoms with Crippen LogP contribution in [0.1, 0.15) is 17.4 Å². The maximum absolute atomic E-state index is 6.21. The fraction of sp³-hybridized carbons (Fsp3) is 0.545. The van der Waals surface area contributed by atoms with E-state index >= 15 is 0 Å². The van der Waals surface area contributed by atoms with E-state index in [1.807, 2.05) is 18.8 Å². The first-order valence-corrected chi connectivity index (χ1v) is 5.99. The number of rotatable bonds is 6. The number of likely N-dealkylation sites (N-methyl/N-ethyl adjacent to an activating group) is 1. The predicted octanol–water partition coefficient (Wildman–Crippen LogP) is -0.380. The van der Waals surface area contributed by atoms with E-state index in [2.05, 4.69) is 25.4 Å². The van der Waals surface area contributed by atoms with Gasteiger partial charge in [-0.05, 0) is 14.1 Å². The molecule has 0 aromatic carbocycles. The molecule has 19 heavy (non-hydrogen) atoms. The smallest absolute Gasteiger partial charge is 0.161 e. The summed E-state index contributed by atoms with van der Waals surface area (Å²) in [7, 11) is 5.63. The van der Waals surface area contributed by atoms with Gasteiger partial charge in [-0.15, -0.1) is 0 Å². The Balaban J connectivity index is 2.28. The Morgan fingerprint density at radius 3 is 2.84 bits per heavy atom. The molecule has 0 saturated heterocycles. The average molecular weight is 265 g/mol. The number of hydrogen-bond donors (Lipinski definition) is 2. The summed E-state index contributed by atoms with van der Waals surface area (Å²) < 4.78 is 7.16. The van der Waals surface area contributed by atoms with Crippen LogP contribution in [0.15, 0.2) is 12.4 Å². The third kappa shape index (κ3) is 2.91. The molecule has 2 aromatic heterocycles. The lowest BCUT2D eigenvalue weighted by Crippen LogP contribution is -2.24. The first kappa shape index (κ1) is 13.5. The molecule has 0 amide bonds. The third-order valence-electron chi connectivity index (χ3n) is 2.87. The highest BCUT2D eigenvalue weighted by atomic mass is 16.5. The third-order valence-corrected chi connectivity index (χ3v) is 2.87. The molecule has 104 valence electrons. The Hall–Kier alpha value is -1.93. The molecule has 2 heterocycles. The van der Waals surface area contributed by atoms with Crippen LogP contribution in [0.25, 0.3) is 0 Å². The van der Waals surface area contributed by atoms with Crippen molar-refractivity contribution in [2.45, 2.75) is 12.6 Å². The molecule has 1 atom stereocenters. The lowest BCUT2D eigenvalue weighted by molar-refractivity contribution is 0.363. The second kappa shape index (κ2) is 5.81. The van der Waals surface area contributed by atoms with Crippen LogP contribution in [0.3, 0.4) is 0 Å². The van der Waals surface area contributed by atoms with Gasteiger partial charge in [0.25, 0.3) is 0 Å². The quantitative estimate of drug-likeness (QED) is 0.739. The maximum atomic E-state index is 6.21. The van der Waals surface area contributed by atoms with Crippen molar-refractivity contribution in [3.63, 3.8) is 0 Å². The van der Waals surface area contributed by atoms with E-state index in [-0.39, 0.29) is 0 Å². The Bertz CT molecular complexity index is 505. The molecule has 8 heteroatoms. The molecular formula is C11H19N7O. The van der Waals surface area contributed by atoms with E-state index < -0.39 is 6.04 Å². The van der Waals surface area contributed by atoms with Crippen molar-refractivity contribution in [3.05, 3.63) is 23.8 Å². The minimum absolute atomic E-state index is 0.418. The zero-order valence-electron chi connectivity index (χ0n) is 11.4. The number of nitrogens with zero attached hydrogens (tertiary/aromatic N) is 5. The second-order valence-electron chi connectivity index (χ2n) is 4.50. The van der Waals surface area contributed by atoms with Gasteiger partial charge in [0, 0.05) is 6.54 Å². The lowest BCUT2D eigenvalue weighted by Gasteiger charge is -2.15. The van der Waals surface area contributed by atoms with Crippen molar-refractivity contribution < 1.29 is 4.74 Å². The van der Waals surface area contributed by atoms with E-state index in [1.54, 1.807) is 19.5 Å². The van der Waals surface area contributed by atoms with Gasteiger partial charge < -0.3 is 15.4 Å². The molecule has 0 spiro atoms. The normalized spacial score (nSPS) is 12.9. The van der Waals surface area contributed by atoms with Gasteiger partial charge in [-0.1, -0.05) is 0 Å². The number of nitrogens with one attached hydrogen (secondary N) is 1. The Morgan fingerprint density at radius 2 is 2.26 bits per heavy atom. The van der Waals surface area contributed by atoms with Crippen LogP contribution in [0, 0.1) is 0 Å². The van der Waals surface area contributed by atoms with Crippen LogP contribution in [-0.4, -0.2) is 57.8 Å². The standard InChI is InChI=1S/C11H19N7O/c1-17(2)4-5-18-11(9(19-3)7-14-18)10(12)8-6-13-16-15-8/h6-7,10H,4-5,12H2,1-3H3,(H,13,15,16). The topological polar surface area (TPSA) is 97.9 Å². The molecular weight excluding hydrogens is 246 g/mol. The van der Waals surface area contributed by atoms with Gasteiger partial charge in [0.2, 0.25) is 0 Å².